The highest BCUT2D eigenvalue weighted by Gasteiger charge is 2.06. The number of anilines is 1. The molecule has 0 unspecified atom stereocenters. The zero-order valence-corrected chi connectivity index (χ0v) is 10.8. The first-order chi connectivity index (χ1) is 9.78. The molecular weight excluding hydrogens is 258 g/mol. The molecular formula is C13H13N5O2. The molecule has 7 heteroatoms. The number of fused-ring (bicyclic) bond motifs is 1. The zero-order chi connectivity index (χ0) is 13.9. The number of aromatic nitrogens is 4. The summed E-state index contributed by atoms with van der Waals surface area (Å²) in [5, 5.41) is 3.06. The van der Waals surface area contributed by atoms with E-state index in [1.54, 1.807) is 7.11 Å². The van der Waals surface area contributed by atoms with Gasteiger partial charge in [0.1, 0.15) is 5.75 Å². The number of benzene rings is 1. The standard InChI is InChI=1S/C13H13N5O2/c1-20-9-5-3-2-4-8(9)6-14-13-17-11-10(12(19)18-13)15-7-16-11/h2-5,7H,6H2,1H3,(H3,14,15,16,17,18,19). The van der Waals surface area contributed by atoms with Crippen molar-refractivity contribution in [3.63, 3.8) is 0 Å². The number of hydrogen-bond acceptors (Lipinski definition) is 5. The number of methoxy groups -OCH3 is 1. The average molecular weight is 271 g/mol. The second-order valence-corrected chi connectivity index (χ2v) is 4.18. The number of nitrogens with zero attached hydrogens (tertiary/aromatic N) is 2. The van der Waals surface area contributed by atoms with Crippen LogP contribution >= 0.6 is 0 Å². The summed E-state index contributed by atoms with van der Waals surface area (Å²) < 4.78 is 5.27. The van der Waals surface area contributed by atoms with Crippen molar-refractivity contribution in [2.75, 3.05) is 12.4 Å². The summed E-state index contributed by atoms with van der Waals surface area (Å²) in [5.41, 5.74) is 1.47. The minimum absolute atomic E-state index is 0.255. The largest absolute Gasteiger partial charge is 0.496 e. The quantitative estimate of drug-likeness (QED) is 0.664. The van der Waals surface area contributed by atoms with Crippen molar-refractivity contribution in [3.8, 4) is 5.75 Å². The third kappa shape index (κ3) is 2.20. The van der Waals surface area contributed by atoms with E-state index in [0.717, 1.165) is 11.3 Å². The molecule has 0 fully saturated rings. The fourth-order valence-electron chi connectivity index (χ4n) is 1.95. The number of H-pyrrole nitrogens is 2. The van der Waals surface area contributed by atoms with Gasteiger partial charge in [0.25, 0.3) is 5.56 Å². The number of imidazole rings is 1. The highest BCUT2D eigenvalue weighted by Crippen LogP contribution is 2.17. The Morgan fingerprint density at radius 1 is 1.35 bits per heavy atom. The number of rotatable bonds is 4. The SMILES string of the molecule is COc1ccccc1CNc1nc2nc[nH]c2c(=O)[nH]1. The van der Waals surface area contributed by atoms with Crippen LogP contribution in [0.25, 0.3) is 11.2 Å². The van der Waals surface area contributed by atoms with Crippen molar-refractivity contribution >= 4 is 17.1 Å². The molecule has 0 saturated heterocycles. The Kier molecular flexibility index (Phi) is 3.08. The van der Waals surface area contributed by atoms with Gasteiger partial charge in [0.2, 0.25) is 5.95 Å². The molecule has 2 aromatic heterocycles. The Labute approximate surface area is 114 Å². The molecule has 0 saturated carbocycles. The van der Waals surface area contributed by atoms with Crippen LogP contribution in [0.4, 0.5) is 5.95 Å². The van der Waals surface area contributed by atoms with Gasteiger partial charge in [-0.05, 0) is 6.07 Å². The fourth-order valence-corrected chi connectivity index (χ4v) is 1.95. The van der Waals surface area contributed by atoms with Crippen LogP contribution in [0.15, 0.2) is 35.4 Å². The van der Waals surface area contributed by atoms with Crippen LogP contribution < -0.4 is 15.6 Å². The molecule has 0 radical (unpaired) electrons. The predicted molar refractivity (Wildman–Crippen MR) is 74.8 cm³/mol. The van der Waals surface area contributed by atoms with E-state index in [0.29, 0.717) is 23.7 Å². The summed E-state index contributed by atoms with van der Waals surface area (Å²) in [6.07, 6.45) is 1.44. The monoisotopic (exact) mass is 271 g/mol. The second kappa shape index (κ2) is 5.04. The van der Waals surface area contributed by atoms with Gasteiger partial charge < -0.3 is 15.0 Å². The Morgan fingerprint density at radius 2 is 2.20 bits per heavy atom. The molecule has 3 N–H and O–H groups in total. The van der Waals surface area contributed by atoms with Crippen molar-refractivity contribution < 1.29 is 4.74 Å². The first-order valence-electron chi connectivity index (χ1n) is 6.07. The van der Waals surface area contributed by atoms with Gasteiger partial charge in [-0.2, -0.15) is 4.98 Å². The number of nitrogens with one attached hydrogen (secondary N) is 3. The Hall–Kier alpha value is -2.83. The zero-order valence-electron chi connectivity index (χ0n) is 10.8. The minimum atomic E-state index is -0.255. The lowest BCUT2D eigenvalue weighted by Gasteiger charge is -2.09. The van der Waals surface area contributed by atoms with Gasteiger partial charge in [0, 0.05) is 12.1 Å². The molecule has 0 spiro atoms. The molecule has 0 amide bonds. The van der Waals surface area contributed by atoms with E-state index in [1.807, 2.05) is 24.3 Å². The lowest BCUT2D eigenvalue weighted by Crippen LogP contribution is -2.13. The van der Waals surface area contributed by atoms with Crippen LogP contribution in [0, 0.1) is 0 Å². The van der Waals surface area contributed by atoms with Crippen LogP contribution in [0.5, 0.6) is 5.75 Å². The first kappa shape index (κ1) is 12.2. The van der Waals surface area contributed by atoms with E-state index >= 15 is 0 Å². The molecule has 3 aromatic rings. The van der Waals surface area contributed by atoms with Gasteiger partial charge in [-0.25, -0.2) is 4.98 Å². The first-order valence-corrected chi connectivity index (χ1v) is 6.07. The molecule has 20 heavy (non-hydrogen) atoms. The van der Waals surface area contributed by atoms with Gasteiger partial charge in [-0.15, -0.1) is 0 Å². The third-order valence-corrected chi connectivity index (χ3v) is 2.93. The van der Waals surface area contributed by atoms with Gasteiger partial charge in [-0.3, -0.25) is 9.78 Å². The maximum Gasteiger partial charge on any atom is 0.278 e. The van der Waals surface area contributed by atoms with Crippen molar-refractivity contribution in [2.24, 2.45) is 0 Å². The molecule has 3 rings (SSSR count). The van der Waals surface area contributed by atoms with E-state index in [1.165, 1.54) is 6.33 Å². The minimum Gasteiger partial charge on any atom is -0.496 e. The average Bonchev–Trinajstić information content (AvgIpc) is 2.94. The highest BCUT2D eigenvalue weighted by atomic mass is 16.5. The Morgan fingerprint density at radius 3 is 3.05 bits per heavy atom. The second-order valence-electron chi connectivity index (χ2n) is 4.18. The third-order valence-electron chi connectivity index (χ3n) is 2.93. The summed E-state index contributed by atoms with van der Waals surface area (Å²) >= 11 is 0. The maximum atomic E-state index is 11.8. The van der Waals surface area contributed by atoms with Crippen molar-refractivity contribution in [2.45, 2.75) is 6.54 Å². The summed E-state index contributed by atoms with van der Waals surface area (Å²) in [6, 6.07) is 7.64. The summed E-state index contributed by atoms with van der Waals surface area (Å²) in [6.45, 7) is 0.489. The number of ether oxygens (including phenoxy) is 1. The molecule has 1 aromatic carbocycles. The summed E-state index contributed by atoms with van der Waals surface area (Å²) in [7, 11) is 1.62. The lowest BCUT2D eigenvalue weighted by molar-refractivity contribution is 0.410. The van der Waals surface area contributed by atoms with Crippen LogP contribution in [-0.2, 0) is 6.54 Å². The van der Waals surface area contributed by atoms with Crippen molar-refractivity contribution in [3.05, 3.63) is 46.5 Å². The van der Waals surface area contributed by atoms with E-state index in [-0.39, 0.29) is 5.56 Å². The van der Waals surface area contributed by atoms with Crippen LogP contribution in [0.1, 0.15) is 5.56 Å². The molecule has 0 aliphatic heterocycles. The predicted octanol–water partition coefficient (Wildman–Crippen LogP) is 1.27. The normalized spacial score (nSPS) is 10.7. The molecule has 102 valence electrons. The molecule has 2 heterocycles. The van der Waals surface area contributed by atoms with Crippen LogP contribution in [0.3, 0.4) is 0 Å². The molecule has 0 atom stereocenters. The van der Waals surface area contributed by atoms with Gasteiger partial charge in [0.05, 0.1) is 13.4 Å². The number of para-hydroxylation sites is 1. The lowest BCUT2D eigenvalue weighted by atomic mass is 10.2. The van der Waals surface area contributed by atoms with Crippen LogP contribution in [-0.4, -0.2) is 27.0 Å². The van der Waals surface area contributed by atoms with E-state index in [4.69, 9.17) is 4.74 Å². The van der Waals surface area contributed by atoms with Gasteiger partial charge in [-0.1, -0.05) is 18.2 Å². The van der Waals surface area contributed by atoms with Gasteiger partial charge >= 0.3 is 0 Å². The van der Waals surface area contributed by atoms with Crippen LogP contribution in [0.2, 0.25) is 0 Å². The molecule has 0 aliphatic carbocycles. The Balaban J connectivity index is 1.85. The fraction of sp³-hybridized carbons (Fsp3) is 0.154. The van der Waals surface area contributed by atoms with Crippen molar-refractivity contribution in [1.82, 2.24) is 19.9 Å². The Bertz CT molecular complexity index is 793. The van der Waals surface area contributed by atoms with E-state index in [9.17, 15) is 4.79 Å². The maximum absolute atomic E-state index is 11.8. The topological polar surface area (TPSA) is 95.7 Å². The molecule has 7 nitrogen and oxygen atoms in total. The number of aromatic amines is 2. The highest BCUT2D eigenvalue weighted by molar-refractivity contribution is 5.69. The number of hydrogen-bond donors (Lipinski definition) is 3. The molecule has 0 bridgehead atoms. The van der Waals surface area contributed by atoms with Crippen molar-refractivity contribution in [1.29, 1.82) is 0 Å². The molecule has 0 aliphatic rings. The van der Waals surface area contributed by atoms with E-state index < -0.39 is 0 Å². The summed E-state index contributed by atoms with van der Waals surface area (Å²) in [5.74, 6) is 1.16. The van der Waals surface area contributed by atoms with Gasteiger partial charge in [0.15, 0.2) is 11.2 Å². The summed E-state index contributed by atoms with van der Waals surface area (Å²) in [4.78, 5) is 25.4. The van der Waals surface area contributed by atoms with E-state index in [2.05, 4.69) is 25.3 Å². The smallest absolute Gasteiger partial charge is 0.278 e.